The van der Waals surface area contributed by atoms with Crippen LogP contribution in [-0.4, -0.2) is 10.5 Å². The first-order valence-electron chi connectivity index (χ1n) is 6.40. The van der Waals surface area contributed by atoms with Crippen LogP contribution in [-0.2, 0) is 6.18 Å². The van der Waals surface area contributed by atoms with Gasteiger partial charge in [0.1, 0.15) is 4.99 Å². The van der Waals surface area contributed by atoms with Gasteiger partial charge in [-0.1, -0.05) is 12.2 Å². The summed E-state index contributed by atoms with van der Waals surface area (Å²) in [5.41, 5.74) is 4.66. The number of alkyl halides is 3. The van der Waals surface area contributed by atoms with Crippen molar-refractivity contribution in [3.05, 3.63) is 29.3 Å². The van der Waals surface area contributed by atoms with Crippen LogP contribution in [0.25, 0.3) is 0 Å². The molecule has 0 heterocycles. The van der Waals surface area contributed by atoms with Crippen LogP contribution in [0.3, 0.4) is 0 Å². The molecule has 0 atom stereocenters. The fraction of sp³-hybridized carbons (Fsp3) is 0.500. The standard InChI is InChI=1S/C14H17F3N2S/c1-13(2,8-3-4-8)19-9-5-6-10(12(18)20)11(7-9)14(15,16)17/h5-8,19H,3-4H2,1-2H3,(H2,18,20). The Labute approximate surface area is 121 Å². The lowest BCUT2D eigenvalue weighted by Gasteiger charge is -2.28. The zero-order valence-electron chi connectivity index (χ0n) is 11.3. The number of hydrogen-bond acceptors (Lipinski definition) is 2. The van der Waals surface area contributed by atoms with Gasteiger partial charge in [-0.15, -0.1) is 0 Å². The average molecular weight is 302 g/mol. The van der Waals surface area contributed by atoms with Crippen molar-refractivity contribution in [2.75, 3.05) is 5.32 Å². The third-order valence-electron chi connectivity index (χ3n) is 3.65. The minimum absolute atomic E-state index is 0.137. The van der Waals surface area contributed by atoms with Gasteiger partial charge in [-0.3, -0.25) is 0 Å². The van der Waals surface area contributed by atoms with E-state index in [1.807, 2.05) is 13.8 Å². The van der Waals surface area contributed by atoms with Crippen LogP contribution in [0.5, 0.6) is 0 Å². The molecule has 1 aromatic rings. The molecule has 0 spiro atoms. The number of halogens is 3. The van der Waals surface area contributed by atoms with Gasteiger partial charge in [0.25, 0.3) is 0 Å². The zero-order chi connectivity index (χ0) is 15.1. The maximum Gasteiger partial charge on any atom is 0.417 e. The van der Waals surface area contributed by atoms with Gasteiger partial charge in [-0.05, 0) is 50.8 Å². The fourth-order valence-electron chi connectivity index (χ4n) is 2.35. The van der Waals surface area contributed by atoms with Crippen LogP contribution in [0.1, 0.15) is 37.8 Å². The topological polar surface area (TPSA) is 38.0 Å². The Morgan fingerprint density at radius 1 is 1.30 bits per heavy atom. The molecule has 1 fully saturated rings. The van der Waals surface area contributed by atoms with E-state index in [1.54, 1.807) is 6.07 Å². The summed E-state index contributed by atoms with van der Waals surface area (Å²) in [6.45, 7) is 4.00. The van der Waals surface area contributed by atoms with E-state index in [1.165, 1.54) is 6.07 Å². The van der Waals surface area contributed by atoms with E-state index in [0.29, 0.717) is 11.6 Å². The van der Waals surface area contributed by atoms with E-state index < -0.39 is 11.7 Å². The highest BCUT2D eigenvalue weighted by molar-refractivity contribution is 7.80. The zero-order valence-corrected chi connectivity index (χ0v) is 12.2. The number of thiocarbonyl (C=S) groups is 1. The predicted molar refractivity (Wildman–Crippen MR) is 77.8 cm³/mol. The van der Waals surface area contributed by atoms with Crippen molar-refractivity contribution in [3.8, 4) is 0 Å². The Morgan fingerprint density at radius 2 is 1.90 bits per heavy atom. The van der Waals surface area contributed by atoms with E-state index in [0.717, 1.165) is 18.9 Å². The molecular weight excluding hydrogens is 285 g/mol. The van der Waals surface area contributed by atoms with Gasteiger partial charge >= 0.3 is 6.18 Å². The lowest BCUT2D eigenvalue weighted by Crippen LogP contribution is -2.33. The SMILES string of the molecule is CC(C)(Nc1ccc(C(N)=S)c(C(F)(F)F)c1)C1CC1. The van der Waals surface area contributed by atoms with Gasteiger partial charge in [-0.25, -0.2) is 0 Å². The van der Waals surface area contributed by atoms with Crippen molar-refractivity contribution >= 4 is 22.9 Å². The third-order valence-corrected chi connectivity index (χ3v) is 3.87. The number of anilines is 1. The molecule has 0 bridgehead atoms. The normalized spacial score (nSPS) is 16.1. The van der Waals surface area contributed by atoms with Gasteiger partial charge in [0, 0.05) is 16.8 Å². The first-order valence-corrected chi connectivity index (χ1v) is 6.81. The second-order valence-electron chi connectivity index (χ2n) is 5.74. The minimum atomic E-state index is -4.47. The average Bonchev–Trinajstić information content (AvgIpc) is 3.10. The first kappa shape index (κ1) is 15.1. The Morgan fingerprint density at radius 3 is 2.35 bits per heavy atom. The molecule has 0 aliphatic heterocycles. The fourth-order valence-corrected chi connectivity index (χ4v) is 2.53. The summed E-state index contributed by atoms with van der Waals surface area (Å²) < 4.78 is 39.1. The van der Waals surface area contributed by atoms with Gasteiger partial charge < -0.3 is 11.1 Å². The number of hydrogen-bond donors (Lipinski definition) is 2. The highest BCUT2D eigenvalue weighted by Gasteiger charge is 2.38. The molecular formula is C14H17F3N2S. The number of nitrogens with two attached hydrogens (primary N) is 1. The van der Waals surface area contributed by atoms with Crippen LogP contribution in [0.2, 0.25) is 0 Å². The van der Waals surface area contributed by atoms with E-state index in [9.17, 15) is 13.2 Å². The summed E-state index contributed by atoms with van der Waals surface area (Å²) in [6, 6.07) is 4.00. The molecule has 1 aliphatic rings. The van der Waals surface area contributed by atoms with Crippen LogP contribution in [0, 0.1) is 5.92 Å². The highest BCUT2D eigenvalue weighted by atomic mass is 32.1. The third kappa shape index (κ3) is 3.23. The molecule has 0 unspecified atom stereocenters. The van der Waals surface area contributed by atoms with Crippen molar-refractivity contribution in [2.24, 2.45) is 11.7 Å². The van der Waals surface area contributed by atoms with Gasteiger partial charge in [0.15, 0.2) is 0 Å². The van der Waals surface area contributed by atoms with Crippen LogP contribution >= 0.6 is 12.2 Å². The molecule has 2 rings (SSSR count). The van der Waals surface area contributed by atoms with E-state index in [-0.39, 0.29) is 16.1 Å². The van der Waals surface area contributed by atoms with Crippen molar-refractivity contribution in [2.45, 2.75) is 38.4 Å². The van der Waals surface area contributed by atoms with Crippen molar-refractivity contribution in [1.29, 1.82) is 0 Å². The Hall–Kier alpha value is -1.30. The summed E-state index contributed by atoms with van der Waals surface area (Å²) in [6.07, 6.45) is -2.26. The molecule has 2 nitrogen and oxygen atoms in total. The van der Waals surface area contributed by atoms with E-state index >= 15 is 0 Å². The second-order valence-corrected chi connectivity index (χ2v) is 6.18. The van der Waals surface area contributed by atoms with Crippen molar-refractivity contribution in [3.63, 3.8) is 0 Å². The molecule has 1 aromatic carbocycles. The maximum atomic E-state index is 13.0. The van der Waals surface area contributed by atoms with Gasteiger partial charge in [-0.2, -0.15) is 13.2 Å². The quantitative estimate of drug-likeness (QED) is 0.827. The highest BCUT2D eigenvalue weighted by Crippen LogP contribution is 2.42. The summed E-state index contributed by atoms with van der Waals surface area (Å²) in [4.78, 5) is -0.245. The Balaban J connectivity index is 2.34. The van der Waals surface area contributed by atoms with E-state index in [4.69, 9.17) is 5.73 Å². The second kappa shape index (κ2) is 4.91. The Kier molecular flexibility index (Phi) is 3.71. The van der Waals surface area contributed by atoms with Crippen LogP contribution in [0.15, 0.2) is 18.2 Å². The number of nitrogens with one attached hydrogen (secondary N) is 1. The molecule has 1 saturated carbocycles. The lowest BCUT2D eigenvalue weighted by molar-refractivity contribution is -0.137. The summed E-state index contributed by atoms with van der Waals surface area (Å²) in [5, 5.41) is 3.17. The van der Waals surface area contributed by atoms with Crippen molar-refractivity contribution < 1.29 is 13.2 Å². The molecule has 1 aliphatic carbocycles. The lowest BCUT2D eigenvalue weighted by atomic mass is 9.97. The maximum absolute atomic E-state index is 13.0. The van der Waals surface area contributed by atoms with E-state index in [2.05, 4.69) is 17.5 Å². The van der Waals surface area contributed by atoms with Crippen molar-refractivity contribution in [1.82, 2.24) is 0 Å². The smallest absolute Gasteiger partial charge is 0.389 e. The molecule has 110 valence electrons. The molecule has 0 saturated heterocycles. The van der Waals surface area contributed by atoms with Crippen LogP contribution < -0.4 is 11.1 Å². The van der Waals surface area contributed by atoms with Gasteiger partial charge in [0.2, 0.25) is 0 Å². The molecule has 0 radical (unpaired) electrons. The monoisotopic (exact) mass is 302 g/mol. The number of rotatable bonds is 4. The van der Waals surface area contributed by atoms with Crippen LogP contribution in [0.4, 0.5) is 18.9 Å². The molecule has 6 heteroatoms. The summed E-state index contributed by atoms with van der Waals surface area (Å²) in [5.74, 6) is 0.507. The predicted octanol–water partition coefficient (Wildman–Crippen LogP) is 3.94. The molecule has 20 heavy (non-hydrogen) atoms. The van der Waals surface area contributed by atoms with Gasteiger partial charge in [0.05, 0.1) is 5.56 Å². The Bertz CT molecular complexity index is 534. The minimum Gasteiger partial charge on any atom is -0.389 e. The largest absolute Gasteiger partial charge is 0.417 e. The summed E-state index contributed by atoms with van der Waals surface area (Å²) in [7, 11) is 0. The number of benzene rings is 1. The molecule has 0 aromatic heterocycles. The molecule has 0 amide bonds. The summed E-state index contributed by atoms with van der Waals surface area (Å²) >= 11 is 4.68. The molecule has 3 N–H and O–H groups in total. The first-order chi connectivity index (χ1) is 9.11.